The number of H-pyrrole nitrogens is 2. The smallest absolute Gasteiger partial charge is 0.332 e. The van der Waals surface area contributed by atoms with Gasteiger partial charge >= 0.3 is 47.2 Å². The summed E-state index contributed by atoms with van der Waals surface area (Å²) in [5, 5.41) is 0. The first-order valence-corrected chi connectivity index (χ1v) is 14.3. The molecule has 4 heterocycles. The molecule has 21 heteroatoms. The van der Waals surface area contributed by atoms with Crippen LogP contribution in [0.4, 0.5) is 0 Å². The van der Waals surface area contributed by atoms with Crippen LogP contribution in [0.15, 0.2) is 14.4 Å². The Bertz CT molecular complexity index is 1800. The summed E-state index contributed by atoms with van der Waals surface area (Å²) in [4.78, 5) is 116. The SMILES string of the molecule is CC(=O)OC[C@@H]1O[C@@H](n2c(=O)[nH]c(=O)c3c2[nH]c(=O)n3[C@H]2O[C@@H](COC(C)=O)[C@@H](OC(C)=O)[C@@H]2OC(C)=O)[C@@H](OC(C)=O)[C@@H]1OC(C)=O. The van der Waals surface area contributed by atoms with Crippen molar-refractivity contribution in [3.05, 3.63) is 31.3 Å². The first-order valence-electron chi connectivity index (χ1n) is 14.3. The Morgan fingerprint density at radius 2 is 0.938 bits per heavy atom. The van der Waals surface area contributed by atoms with Gasteiger partial charge in [-0.3, -0.25) is 48.1 Å². The standard InChI is InChI=1S/C27H32N4O17/c1-9(32)41-7-15-18(43-11(3)34)20(45-13(5)36)24(47-15)30-17-22(28-26(30)39)31(27(40)29-23(17)38)25-21(46-14(6)37)19(44-12(4)35)16(48-25)8-42-10(2)33/h15-16,18-21,24-25H,7-8H2,1-6H3,(H,28,39)(H,29,38,40)/t15-,16-,18+,19+,20-,21-,24-,25+/m0/s1. The Morgan fingerprint density at radius 1 is 0.562 bits per heavy atom. The van der Waals surface area contributed by atoms with Gasteiger partial charge in [-0.1, -0.05) is 0 Å². The maximum Gasteiger partial charge on any atom is 0.332 e. The number of hydrogen-bond donors (Lipinski definition) is 2. The van der Waals surface area contributed by atoms with E-state index in [1.165, 1.54) is 0 Å². The summed E-state index contributed by atoms with van der Waals surface area (Å²) in [5.74, 6) is -5.00. The van der Waals surface area contributed by atoms with Gasteiger partial charge in [0.15, 0.2) is 48.0 Å². The highest BCUT2D eigenvalue weighted by molar-refractivity contribution is 5.71. The molecule has 0 radical (unpaired) electrons. The van der Waals surface area contributed by atoms with Gasteiger partial charge in [-0.25, -0.2) is 14.2 Å². The molecular weight excluding hydrogens is 652 g/mol. The van der Waals surface area contributed by atoms with Crippen molar-refractivity contribution in [2.75, 3.05) is 13.2 Å². The molecule has 2 N–H and O–H groups in total. The maximum absolute atomic E-state index is 13.6. The van der Waals surface area contributed by atoms with Crippen molar-refractivity contribution in [1.82, 2.24) is 19.1 Å². The van der Waals surface area contributed by atoms with Gasteiger partial charge in [-0.2, -0.15) is 0 Å². The molecule has 21 nitrogen and oxygen atoms in total. The second-order valence-electron chi connectivity index (χ2n) is 10.7. The number of ether oxygens (including phenoxy) is 8. The summed E-state index contributed by atoms with van der Waals surface area (Å²) < 4.78 is 44.5. The molecule has 262 valence electrons. The van der Waals surface area contributed by atoms with Crippen LogP contribution in [0.2, 0.25) is 0 Å². The molecule has 2 aliphatic heterocycles. The van der Waals surface area contributed by atoms with Gasteiger partial charge in [0.1, 0.15) is 25.4 Å². The van der Waals surface area contributed by atoms with Crippen LogP contribution >= 0.6 is 0 Å². The van der Waals surface area contributed by atoms with Crippen molar-refractivity contribution >= 4 is 47.0 Å². The highest BCUT2D eigenvalue weighted by Gasteiger charge is 2.54. The molecule has 4 rings (SSSR count). The van der Waals surface area contributed by atoms with Crippen molar-refractivity contribution in [2.24, 2.45) is 0 Å². The van der Waals surface area contributed by atoms with Gasteiger partial charge < -0.3 is 37.9 Å². The number of rotatable bonds is 10. The molecule has 0 spiro atoms. The fourth-order valence-electron chi connectivity index (χ4n) is 5.43. The van der Waals surface area contributed by atoms with Crippen LogP contribution in [0.3, 0.4) is 0 Å². The summed E-state index contributed by atoms with van der Waals surface area (Å²) in [6.45, 7) is 5.26. The molecule has 2 saturated heterocycles. The Balaban J connectivity index is 1.91. The van der Waals surface area contributed by atoms with E-state index in [-0.39, 0.29) is 0 Å². The topological polar surface area (TPSA) is 269 Å². The maximum atomic E-state index is 13.6. The number of nitrogens with one attached hydrogen (secondary N) is 2. The Hall–Kier alpha value is -5.31. The number of carbonyl (C=O) groups excluding carboxylic acids is 6. The van der Waals surface area contributed by atoms with E-state index >= 15 is 0 Å². The lowest BCUT2D eigenvalue weighted by atomic mass is 10.1. The van der Waals surface area contributed by atoms with E-state index in [1.54, 1.807) is 0 Å². The molecule has 2 fully saturated rings. The van der Waals surface area contributed by atoms with Crippen LogP contribution in [0.1, 0.15) is 54.0 Å². The second-order valence-corrected chi connectivity index (χ2v) is 10.7. The van der Waals surface area contributed by atoms with Crippen LogP contribution in [0.5, 0.6) is 0 Å². The lowest BCUT2D eigenvalue weighted by molar-refractivity contribution is -0.166. The predicted molar refractivity (Wildman–Crippen MR) is 151 cm³/mol. The molecule has 0 unspecified atom stereocenters. The summed E-state index contributed by atoms with van der Waals surface area (Å²) in [5.41, 5.74) is -4.57. The number of hydrogen-bond acceptors (Lipinski definition) is 17. The largest absolute Gasteiger partial charge is 0.463 e. The highest BCUT2D eigenvalue weighted by Crippen LogP contribution is 2.37. The second kappa shape index (κ2) is 14.2. The average molecular weight is 685 g/mol. The predicted octanol–water partition coefficient (Wildman–Crippen LogP) is -2.17. The number of aromatic nitrogens is 4. The minimum Gasteiger partial charge on any atom is -0.463 e. The number of fused-ring (bicyclic) bond motifs is 1. The molecule has 0 bridgehead atoms. The van der Waals surface area contributed by atoms with E-state index < -0.39 is 126 Å². The van der Waals surface area contributed by atoms with E-state index in [0.29, 0.717) is 9.13 Å². The number of esters is 6. The van der Waals surface area contributed by atoms with Gasteiger partial charge in [0.2, 0.25) is 0 Å². The van der Waals surface area contributed by atoms with Gasteiger partial charge in [0.25, 0.3) is 5.56 Å². The molecule has 8 atom stereocenters. The first kappa shape index (κ1) is 35.5. The number of imidazole rings is 1. The van der Waals surface area contributed by atoms with E-state index in [1.807, 2.05) is 4.98 Å². The molecule has 2 aliphatic rings. The Morgan fingerprint density at radius 3 is 1.33 bits per heavy atom. The summed E-state index contributed by atoms with van der Waals surface area (Å²) in [6.07, 6.45) is -12.1. The van der Waals surface area contributed by atoms with Crippen LogP contribution in [0, 0.1) is 0 Å². The minimum atomic E-state index is -1.72. The van der Waals surface area contributed by atoms with E-state index in [4.69, 9.17) is 37.9 Å². The number of carbonyl (C=O) groups is 6. The molecule has 2 aromatic heterocycles. The fraction of sp³-hybridized carbons (Fsp3) is 0.593. The van der Waals surface area contributed by atoms with Crippen LogP contribution in [0.25, 0.3) is 11.2 Å². The molecule has 0 saturated carbocycles. The van der Waals surface area contributed by atoms with Gasteiger partial charge in [0.05, 0.1) is 0 Å². The zero-order chi connectivity index (χ0) is 35.6. The molecule has 0 aliphatic carbocycles. The summed E-state index contributed by atoms with van der Waals surface area (Å²) in [7, 11) is 0. The van der Waals surface area contributed by atoms with Gasteiger partial charge in [0, 0.05) is 41.5 Å². The summed E-state index contributed by atoms with van der Waals surface area (Å²) in [6, 6.07) is 0. The zero-order valence-corrected chi connectivity index (χ0v) is 26.4. The van der Waals surface area contributed by atoms with Crippen LogP contribution in [-0.4, -0.2) is 105 Å². The minimum absolute atomic E-state index is 0.525. The van der Waals surface area contributed by atoms with Crippen molar-refractivity contribution < 1.29 is 66.7 Å². The third kappa shape index (κ3) is 7.46. The lowest BCUT2D eigenvalue weighted by Crippen LogP contribution is -2.43. The van der Waals surface area contributed by atoms with Crippen molar-refractivity contribution in [3.63, 3.8) is 0 Å². The van der Waals surface area contributed by atoms with E-state index in [0.717, 1.165) is 41.5 Å². The quantitative estimate of drug-likeness (QED) is 0.199. The Labute approximate surface area is 268 Å². The molecule has 2 aromatic rings. The third-order valence-electron chi connectivity index (χ3n) is 6.99. The van der Waals surface area contributed by atoms with Crippen molar-refractivity contribution in [1.29, 1.82) is 0 Å². The molecule has 0 aromatic carbocycles. The zero-order valence-electron chi connectivity index (χ0n) is 26.4. The van der Waals surface area contributed by atoms with E-state index in [9.17, 15) is 43.2 Å². The van der Waals surface area contributed by atoms with Gasteiger partial charge in [-0.05, 0) is 0 Å². The summed E-state index contributed by atoms with van der Waals surface area (Å²) >= 11 is 0. The van der Waals surface area contributed by atoms with Crippen LogP contribution < -0.4 is 16.9 Å². The molecule has 48 heavy (non-hydrogen) atoms. The average Bonchev–Trinajstić information content (AvgIpc) is 3.57. The normalized spacial score (nSPS) is 26.5. The Kier molecular flexibility index (Phi) is 10.5. The monoisotopic (exact) mass is 684 g/mol. The number of nitrogens with zero attached hydrogens (tertiary/aromatic N) is 2. The molecular formula is C27H32N4O17. The van der Waals surface area contributed by atoms with E-state index in [2.05, 4.69) is 4.98 Å². The third-order valence-corrected chi connectivity index (χ3v) is 6.99. The van der Waals surface area contributed by atoms with Crippen molar-refractivity contribution in [3.8, 4) is 0 Å². The lowest BCUT2D eigenvalue weighted by Gasteiger charge is -2.24. The van der Waals surface area contributed by atoms with Crippen molar-refractivity contribution in [2.45, 2.75) is 90.6 Å². The fourth-order valence-corrected chi connectivity index (χ4v) is 5.43. The molecule has 0 amide bonds. The number of aromatic amines is 2. The highest BCUT2D eigenvalue weighted by atomic mass is 16.7. The van der Waals surface area contributed by atoms with Crippen LogP contribution in [-0.2, 0) is 66.7 Å². The van der Waals surface area contributed by atoms with Gasteiger partial charge in [-0.15, -0.1) is 0 Å². The first-order chi connectivity index (χ1) is 22.5.